The van der Waals surface area contributed by atoms with Crippen molar-refractivity contribution in [1.82, 2.24) is 5.32 Å². The molecular weight excluding hydrogens is 396 g/mol. The van der Waals surface area contributed by atoms with Crippen LogP contribution in [0, 0.1) is 17.3 Å². The largest absolute Gasteiger partial charge is 0.376 e. The predicted molar refractivity (Wildman–Crippen MR) is 125 cm³/mol. The number of alkyl halides is 1. The Labute approximate surface area is 186 Å². The van der Waals surface area contributed by atoms with E-state index in [0.717, 1.165) is 37.1 Å². The van der Waals surface area contributed by atoms with Crippen LogP contribution < -0.4 is 11.1 Å². The van der Waals surface area contributed by atoms with Gasteiger partial charge < -0.3 is 11.1 Å². The van der Waals surface area contributed by atoms with Crippen LogP contribution in [0.4, 0.5) is 0 Å². The Balaban J connectivity index is 1.45. The molecule has 0 heterocycles. The Morgan fingerprint density at radius 2 is 1.69 bits per heavy atom. The average Bonchev–Trinajstić information content (AvgIpc) is 2.73. The molecule has 0 amide bonds. The van der Waals surface area contributed by atoms with Crippen molar-refractivity contribution < 1.29 is 0 Å². The first kappa shape index (κ1) is 20.3. The van der Waals surface area contributed by atoms with E-state index in [1.54, 1.807) is 0 Å². The van der Waals surface area contributed by atoms with E-state index in [4.69, 9.17) is 29.6 Å². The number of thiocarbonyl (C=S) groups is 1. The van der Waals surface area contributed by atoms with Gasteiger partial charge in [-0.15, -0.1) is 11.6 Å². The van der Waals surface area contributed by atoms with Crippen molar-refractivity contribution in [3.05, 3.63) is 35.9 Å². The van der Waals surface area contributed by atoms with E-state index in [2.05, 4.69) is 42.6 Å². The highest BCUT2D eigenvalue weighted by Crippen LogP contribution is 2.71. The molecule has 5 fully saturated rings. The first-order chi connectivity index (χ1) is 13.9. The standard InChI is InChI=1S/C25H35ClN2S/c1-2-25(26)18-12-23(17-6-4-3-5-7-17)13-19(25)15-24(14-18,16-23)22(29)28-21-10-8-20(27)9-11-21/h3-7,18-21H,2,8-16,27H2,1H3,(H,28,29). The van der Waals surface area contributed by atoms with E-state index >= 15 is 0 Å². The van der Waals surface area contributed by atoms with Crippen molar-refractivity contribution in [2.45, 2.75) is 93.5 Å². The lowest BCUT2D eigenvalue weighted by Gasteiger charge is -2.68. The molecule has 29 heavy (non-hydrogen) atoms. The van der Waals surface area contributed by atoms with E-state index in [1.165, 1.54) is 37.7 Å². The maximum Gasteiger partial charge on any atom is 0.0818 e. The second-order valence-electron chi connectivity index (χ2n) is 10.7. The van der Waals surface area contributed by atoms with Crippen molar-refractivity contribution in [3.8, 4) is 0 Å². The number of rotatable bonds is 4. The Bertz CT molecular complexity index is 754. The van der Waals surface area contributed by atoms with Crippen LogP contribution in [0.5, 0.6) is 0 Å². The normalized spacial score (nSPS) is 45.9. The highest BCUT2D eigenvalue weighted by Gasteiger charge is 2.67. The maximum atomic E-state index is 7.36. The lowest BCUT2D eigenvalue weighted by Crippen LogP contribution is -2.66. The number of hydrogen-bond donors (Lipinski definition) is 2. The zero-order chi connectivity index (χ0) is 20.3. The molecular formula is C25H35ClN2S. The molecule has 5 aliphatic rings. The summed E-state index contributed by atoms with van der Waals surface area (Å²) in [6.07, 6.45) is 11.6. The van der Waals surface area contributed by atoms with Crippen molar-refractivity contribution in [1.29, 1.82) is 0 Å². The highest BCUT2D eigenvalue weighted by molar-refractivity contribution is 7.80. The molecule has 0 saturated heterocycles. The van der Waals surface area contributed by atoms with Crippen LogP contribution in [-0.2, 0) is 5.41 Å². The molecule has 2 nitrogen and oxygen atoms in total. The Morgan fingerprint density at radius 3 is 2.28 bits per heavy atom. The molecule has 5 aliphatic carbocycles. The smallest absolute Gasteiger partial charge is 0.0818 e. The van der Waals surface area contributed by atoms with E-state index < -0.39 is 0 Å². The lowest BCUT2D eigenvalue weighted by molar-refractivity contribution is -0.0687. The molecule has 1 aromatic rings. The quantitative estimate of drug-likeness (QED) is 0.474. The van der Waals surface area contributed by atoms with Crippen LogP contribution in [0.3, 0.4) is 0 Å². The average molecular weight is 431 g/mol. The van der Waals surface area contributed by atoms with Gasteiger partial charge >= 0.3 is 0 Å². The van der Waals surface area contributed by atoms with E-state index in [-0.39, 0.29) is 15.7 Å². The first-order valence-electron chi connectivity index (χ1n) is 11.7. The van der Waals surface area contributed by atoms with Gasteiger partial charge in [-0.2, -0.15) is 0 Å². The van der Waals surface area contributed by atoms with E-state index in [0.29, 0.717) is 23.9 Å². The molecule has 2 unspecified atom stereocenters. The van der Waals surface area contributed by atoms with Crippen LogP contribution in [0.1, 0.15) is 76.7 Å². The van der Waals surface area contributed by atoms with Gasteiger partial charge in [0.15, 0.2) is 0 Å². The molecule has 6 rings (SSSR count). The lowest BCUT2D eigenvalue weighted by atomic mass is 9.39. The van der Waals surface area contributed by atoms with E-state index in [1.807, 2.05) is 0 Å². The van der Waals surface area contributed by atoms with Gasteiger partial charge in [0.25, 0.3) is 0 Å². The molecule has 158 valence electrons. The number of halogens is 1. The van der Waals surface area contributed by atoms with Gasteiger partial charge in [-0.3, -0.25) is 0 Å². The van der Waals surface area contributed by atoms with Gasteiger partial charge in [-0.05, 0) is 87.0 Å². The van der Waals surface area contributed by atoms with Gasteiger partial charge in [0.1, 0.15) is 0 Å². The summed E-state index contributed by atoms with van der Waals surface area (Å²) < 4.78 is 0. The second-order valence-corrected chi connectivity index (χ2v) is 11.8. The Morgan fingerprint density at radius 1 is 1.07 bits per heavy atom. The summed E-state index contributed by atoms with van der Waals surface area (Å²) in [6, 6.07) is 12.1. The van der Waals surface area contributed by atoms with Crippen molar-refractivity contribution in [2.75, 3.05) is 0 Å². The molecule has 4 heteroatoms. The maximum absolute atomic E-state index is 7.36. The Hall–Kier alpha value is -0.640. The third kappa shape index (κ3) is 3.18. The fraction of sp³-hybridized carbons (Fsp3) is 0.720. The van der Waals surface area contributed by atoms with Gasteiger partial charge in [0.05, 0.1) is 9.86 Å². The number of hydrogen-bond acceptors (Lipinski definition) is 2. The van der Waals surface area contributed by atoms with Crippen LogP contribution in [0.15, 0.2) is 30.3 Å². The van der Waals surface area contributed by atoms with Gasteiger partial charge in [-0.1, -0.05) is 49.5 Å². The summed E-state index contributed by atoms with van der Waals surface area (Å²) in [5.41, 5.74) is 8.02. The minimum Gasteiger partial charge on any atom is -0.376 e. The number of nitrogens with one attached hydrogen (secondary N) is 1. The highest BCUT2D eigenvalue weighted by atomic mass is 35.5. The van der Waals surface area contributed by atoms with Gasteiger partial charge in [0, 0.05) is 17.5 Å². The molecule has 2 atom stereocenters. The third-order valence-electron chi connectivity index (χ3n) is 9.10. The van der Waals surface area contributed by atoms with Crippen molar-refractivity contribution in [3.63, 3.8) is 0 Å². The van der Waals surface area contributed by atoms with Crippen LogP contribution in [0.2, 0.25) is 0 Å². The molecule has 1 aromatic carbocycles. The molecule has 0 radical (unpaired) electrons. The minimum atomic E-state index is -0.0323. The molecule has 4 bridgehead atoms. The fourth-order valence-electron chi connectivity index (χ4n) is 7.72. The molecule has 5 saturated carbocycles. The van der Waals surface area contributed by atoms with Crippen molar-refractivity contribution >= 4 is 28.8 Å². The van der Waals surface area contributed by atoms with E-state index in [9.17, 15) is 0 Å². The zero-order valence-corrected chi connectivity index (χ0v) is 19.2. The number of nitrogens with two attached hydrogens (primary N) is 1. The molecule has 0 spiro atoms. The zero-order valence-electron chi connectivity index (χ0n) is 17.6. The summed E-state index contributed by atoms with van der Waals surface area (Å²) >= 11 is 13.5. The molecule has 0 aromatic heterocycles. The molecule has 0 aliphatic heterocycles. The van der Waals surface area contributed by atoms with Crippen LogP contribution in [-0.4, -0.2) is 21.9 Å². The van der Waals surface area contributed by atoms with Crippen LogP contribution >= 0.6 is 23.8 Å². The first-order valence-corrected chi connectivity index (χ1v) is 12.5. The topological polar surface area (TPSA) is 38.0 Å². The summed E-state index contributed by atoms with van der Waals surface area (Å²) in [5.74, 6) is 1.13. The Kier molecular flexibility index (Phi) is 5.04. The summed E-state index contributed by atoms with van der Waals surface area (Å²) in [7, 11) is 0. The van der Waals surface area contributed by atoms with Crippen molar-refractivity contribution in [2.24, 2.45) is 23.0 Å². The molecule has 3 N–H and O–H groups in total. The third-order valence-corrected chi connectivity index (χ3v) is 10.5. The van der Waals surface area contributed by atoms with Crippen LogP contribution in [0.25, 0.3) is 0 Å². The number of benzene rings is 1. The summed E-state index contributed by atoms with van der Waals surface area (Å²) in [4.78, 5) is 1.11. The summed E-state index contributed by atoms with van der Waals surface area (Å²) in [6.45, 7) is 2.29. The predicted octanol–water partition coefficient (Wildman–Crippen LogP) is 5.71. The summed E-state index contributed by atoms with van der Waals surface area (Å²) in [5, 5.41) is 3.84. The monoisotopic (exact) mass is 430 g/mol. The SMILES string of the molecule is CCC1(Cl)C2CC3(C(=S)NC4CCC(N)CC4)CC1CC(c1ccccc1)(C2)C3. The minimum absolute atomic E-state index is 0.0323. The van der Waals surface area contributed by atoms with Gasteiger partial charge in [-0.25, -0.2) is 0 Å². The van der Waals surface area contributed by atoms with Gasteiger partial charge in [0.2, 0.25) is 0 Å². The fourth-order valence-corrected chi connectivity index (χ4v) is 8.43. The second kappa shape index (κ2) is 7.21.